The van der Waals surface area contributed by atoms with Gasteiger partial charge >= 0.3 is 0 Å². The second-order valence-corrected chi connectivity index (χ2v) is 9.74. The van der Waals surface area contributed by atoms with Gasteiger partial charge in [-0.15, -0.1) is 0 Å². The quantitative estimate of drug-likeness (QED) is 0.806. The Hall–Kier alpha value is -0.950. The highest BCUT2D eigenvalue weighted by atomic mass is 32.2. The molecule has 1 aromatic rings. The number of sulfone groups is 1. The fourth-order valence-corrected chi connectivity index (χ4v) is 4.44. The third-order valence-electron chi connectivity index (χ3n) is 5.04. The average Bonchev–Trinajstić information content (AvgIpc) is 2.47. The van der Waals surface area contributed by atoms with E-state index in [9.17, 15) is 8.42 Å². The first-order chi connectivity index (χ1) is 11.3. The molecule has 0 bridgehead atoms. The summed E-state index contributed by atoms with van der Waals surface area (Å²) in [6.07, 6.45) is 3.63. The standard InChI is InChI=1S/C18H28N2O3S/c1-19(2)10-16-8-9-18(23-12-16)13-20(14-18)11-15-4-6-17(7-5-15)24(3,21)22/h4-7,16H,8-14H2,1-3H3. The zero-order valence-corrected chi connectivity index (χ0v) is 15.7. The molecule has 134 valence electrons. The van der Waals surface area contributed by atoms with Crippen molar-refractivity contribution < 1.29 is 13.2 Å². The van der Waals surface area contributed by atoms with Crippen molar-refractivity contribution in [3.8, 4) is 0 Å². The molecule has 24 heavy (non-hydrogen) atoms. The minimum Gasteiger partial charge on any atom is -0.372 e. The summed E-state index contributed by atoms with van der Waals surface area (Å²) < 4.78 is 29.2. The summed E-state index contributed by atoms with van der Waals surface area (Å²) in [5.41, 5.74) is 1.22. The fraction of sp³-hybridized carbons (Fsp3) is 0.667. The van der Waals surface area contributed by atoms with Gasteiger partial charge in [-0.2, -0.15) is 0 Å². The van der Waals surface area contributed by atoms with Gasteiger partial charge in [0.2, 0.25) is 0 Å². The van der Waals surface area contributed by atoms with E-state index in [0.29, 0.717) is 10.8 Å². The van der Waals surface area contributed by atoms with Gasteiger partial charge in [0, 0.05) is 32.4 Å². The molecular weight excluding hydrogens is 324 g/mol. The molecule has 0 amide bonds. The highest BCUT2D eigenvalue weighted by Gasteiger charge is 2.46. The highest BCUT2D eigenvalue weighted by Crippen LogP contribution is 2.36. The molecule has 5 nitrogen and oxygen atoms in total. The number of hydrogen-bond acceptors (Lipinski definition) is 5. The molecule has 2 aliphatic rings. The first-order valence-electron chi connectivity index (χ1n) is 8.56. The van der Waals surface area contributed by atoms with Crippen LogP contribution in [0.2, 0.25) is 0 Å². The Morgan fingerprint density at radius 1 is 1.25 bits per heavy atom. The van der Waals surface area contributed by atoms with Gasteiger partial charge in [0.1, 0.15) is 0 Å². The predicted octanol–water partition coefficient (Wildman–Crippen LogP) is 1.63. The summed E-state index contributed by atoms with van der Waals surface area (Å²) in [7, 11) is 1.12. The van der Waals surface area contributed by atoms with Crippen LogP contribution in [0, 0.1) is 5.92 Å². The van der Waals surface area contributed by atoms with Crippen LogP contribution in [0.3, 0.4) is 0 Å². The van der Waals surface area contributed by atoms with E-state index in [1.165, 1.54) is 12.7 Å². The first-order valence-corrected chi connectivity index (χ1v) is 10.4. The molecule has 2 aliphatic heterocycles. The average molecular weight is 353 g/mol. The molecule has 2 saturated heterocycles. The maximum Gasteiger partial charge on any atom is 0.175 e. The Labute approximate surface area is 145 Å². The minimum absolute atomic E-state index is 0.0650. The second-order valence-electron chi connectivity index (χ2n) is 7.72. The van der Waals surface area contributed by atoms with Crippen LogP contribution in [-0.4, -0.2) is 70.4 Å². The highest BCUT2D eigenvalue weighted by molar-refractivity contribution is 7.90. The molecule has 3 rings (SSSR count). The van der Waals surface area contributed by atoms with E-state index in [1.54, 1.807) is 12.1 Å². The number of likely N-dealkylation sites (tertiary alicyclic amines) is 1. The summed E-state index contributed by atoms with van der Waals surface area (Å²) in [5, 5.41) is 0. The molecule has 0 aliphatic carbocycles. The third-order valence-corrected chi connectivity index (χ3v) is 6.17. The summed E-state index contributed by atoms with van der Waals surface area (Å²) in [6.45, 7) is 4.79. The molecule has 0 aromatic heterocycles. The smallest absolute Gasteiger partial charge is 0.175 e. The first kappa shape index (κ1) is 17.9. The van der Waals surface area contributed by atoms with E-state index in [-0.39, 0.29) is 5.60 Å². The van der Waals surface area contributed by atoms with Gasteiger partial charge < -0.3 is 9.64 Å². The van der Waals surface area contributed by atoms with Gasteiger partial charge in [0.15, 0.2) is 9.84 Å². The van der Waals surface area contributed by atoms with E-state index in [2.05, 4.69) is 23.9 Å². The van der Waals surface area contributed by atoms with Gasteiger partial charge in [-0.3, -0.25) is 4.90 Å². The van der Waals surface area contributed by atoms with Crippen molar-refractivity contribution in [2.75, 3.05) is 46.6 Å². The third kappa shape index (κ3) is 4.17. The molecule has 6 heteroatoms. The fourth-order valence-electron chi connectivity index (χ4n) is 3.81. The second kappa shape index (κ2) is 6.75. The van der Waals surface area contributed by atoms with Crippen LogP contribution in [0.5, 0.6) is 0 Å². The molecule has 1 spiro atoms. The number of nitrogens with zero attached hydrogens (tertiary/aromatic N) is 2. The summed E-state index contributed by atoms with van der Waals surface area (Å²) >= 11 is 0. The largest absolute Gasteiger partial charge is 0.372 e. The summed E-state index contributed by atoms with van der Waals surface area (Å²) in [6, 6.07) is 7.22. The van der Waals surface area contributed by atoms with Gasteiger partial charge in [-0.1, -0.05) is 12.1 Å². The lowest BCUT2D eigenvalue weighted by atomic mass is 9.82. The van der Waals surface area contributed by atoms with Gasteiger partial charge in [-0.25, -0.2) is 8.42 Å². The van der Waals surface area contributed by atoms with E-state index >= 15 is 0 Å². The van der Waals surface area contributed by atoms with Crippen molar-refractivity contribution in [1.29, 1.82) is 0 Å². The molecule has 2 heterocycles. The Balaban J connectivity index is 1.47. The van der Waals surface area contributed by atoms with Gasteiger partial charge in [-0.05, 0) is 50.6 Å². The van der Waals surface area contributed by atoms with Crippen molar-refractivity contribution in [2.45, 2.75) is 29.9 Å². The monoisotopic (exact) mass is 352 g/mol. The Bertz CT molecular complexity index is 654. The van der Waals surface area contributed by atoms with Crippen LogP contribution in [0.15, 0.2) is 29.2 Å². The van der Waals surface area contributed by atoms with Crippen LogP contribution >= 0.6 is 0 Å². The molecule has 2 fully saturated rings. The number of benzene rings is 1. The molecular formula is C18H28N2O3S. The summed E-state index contributed by atoms with van der Waals surface area (Å²) in [4.78, 5) is 5.00. The summed E-state index contributed by atoms with van der Waals surface area (Å²) in [5.74, 6) is 0.656. The molecule has 0 radical (unpaired) electrons. The minimum atomic E-state index is -3.11. The Kier molecular flexibility index (Phi) is 5.02. The zero-order valence-electron chi connectivity index (χ0n) is 14.9. The van der Waals surface area contributed by atoms with Crippen LogP contribution in [0.4, 0.5) is 0 Å². The van der Waals surface area contributed by atoms with E-state index in [0.717, 1.165) is 44.8 Å². The van der Waals surface area contributed by atoms with Crippen molar-refractivity contribution in [2.24, 2.45) is 5.92 Å². The van der Waals surface area contributed by atoms with Gasteiger partial charge in [0.25, 0.3) is 0 Å². The van der Waals surface area contributed by atoms with E-state index < -0.39 is 9.84 Å². The SMILES string of the molecule is CN(C)CC1CCC2(CN(Cc3ccc(S(C)(=O)=O)cc3)C2)OC1. The molecule has 0 saturated carbocycles. The Morgan fingerprint density at radius 2 is 1.92 bits per heavy atom. The zero-order chi connectivity index (χ0) is 17.4. The maximum absolute atomic E-state index is 11.5. The van der Waals surface area contributed by atoms with Crippen molar-refractivity contribution >= 4 is 9.84 Å². The molecule has 1 atom stereocenters. The van der Waals surface area contributed by atoms with Crippen molar-refractivity contribution in [3.63, 3.8) is 0 Å². The normalized spacial score (nSPS) is 24.2. The molecule has 1 unspecified atom stereocenters. The lowest BCUT2D eigenvalue weighted by Gasteiger charge is -2.53. The number of rotatable bonds is 5. The van der Waals surface area contributed by atoms with Crippen molar-refractivity contribution in [1.82, 2.24) is 9.80 Å². The van der Waals surface area contributed by atoms with Crippen molar-refractivity contribution in [3.05, 3.63) is 29.8 Å². The lowest BCUT2D eigenvalue weighted by molar-refractivity contribution is -0.182. The number of ether oxygens (including phenoxy) is 1. The number of hydrogen-bond donors (Lipinski definition) is 0. The Morgan fingerprint density at radius 3 is 2.42 bits per heavy atom. The van der Waals surface area contributed by atoms with E-state index in [1.807, 2.05) is 12.1 Å². The molecule has 0 N–H and O–H groups in total. The molecule has 1 aromatic carbocycles. The van der Waals surface area contributed by atoms with Gasteiger partial charge in [0.05, 0.1) is 17.1 Å². The maximum atomic E-state index is 11.5. The van der Waals surface area contributed by atoms with E-state index in [4.69, 9.17) is 4.74 Å². The topological polar surface area (TPSA) is 49.9 Å². The predicted molar refractivity (Wildman–Crippen MR) is 94.8 cm³/mol. The van der Waals surface area contributed by atoms with Crippen LogP contribution in [-0.2, 0) is 21.1 Å². The van der Waals surface area contributed by atoms with Crippen LogP contribution < -0.4 is 0 Å². The lowest BCUT2D eigenvalue weighted by Crippen LogP contribution is -2.64. The van der Waals surface area contributed by atoms with Crippen LogP contribution in [0.1, 0.15) is 18.4 Å². The van der Waals surface area contributed by atoms with Crippen LogP contribution in [0.25, 0.3) is 0 Å².